The van der Waals surface area contributed by atoms with Crippen molar-refractivity contribution in [2.75, 3.05) is 12.3 Å². The summed E-state index contributed by atoms with van der Waals surface area (Å²) in [6.07, 6.45) is 3.13. The number of amides is 3. The molecule has 178 valence electrons. The Hall–Kier alpha value is -3.58. The van der Waals surface area contributed by atoms with E-state index < -0.39 is 48.4 Å². The summed E-state index contributed by atoms with van der Waals surface area (Å²) < 4.78 is 0. The van der Waals surface area contributed by atoms with E-state index in [-0.39, 0.29) is 24.3 Å². The zero-order valence-electron chi connectivity index (χ0n) is 17.5. The van der Waals surface area contributed by atoms with E-state index in [9.17, 15) is 24.3 Å². The highest BCUT2D eigenvalue weighted by atomic mass is 32.1. The fourth-order valence-electron chi connectivity index (χ4n) is 2.80. The molecule has 3 amide bonds. The van der Waals surface area contributed by atoms with Gasteiger partial charge in [-0.3, -0.25) is 14.4 Å². The third-order valence-electron chi connectivity index (χ3n) is 4.58. The second-order valence-electron chi connectivity index (χ2n) is 7.18. The second kappa shape index (κ2) is 12.5. The first-order valence-electron chi connectivity index (χ1n) is 9.91. The average Bonchev–Trinajstić information content (AvgIpc) is 3.29. The Balaban J connectivity index is 1.98. The molecule has 13 heteroatoms. The molecule has 1 aromatic carbocycles. The lowest BCUT2D eigenvalue weighted by molar-refractivity contribution is -0.141. The molecule has 1 heterocycles. The number of carbonyl (C=O) groups excluding carboxylic acids is 3. The second-order valence-corrected chi connectivity index (χ2v) is 7.54. The summed E-state index contributed by atoms with van der Waals surface area (Å²) >= 11 is 3.85. The quantitative estimate of drug-likeness (QED) is 0.165. The Kier molecular flexibility index (Phi) is 9.69. The van der Waals surface area contributed by atoms with Crippen molar-refractivity contribution in [1.82, 2.24) is 25.9 Å². The summed E-state index contributed by atoms with van der Waals surface area (Å²) in [4.78, 5) is 54.9. The van der Waals surface area contributed by atoms with Gasteiger partial charge in [-0.15, -0.1) is 0 Å². The molecule has 3 atom stereocenters. The number of benzene rings is 1. The highest BCUT2D eigenvalue weighted by Crippen LogP contribution is 2.11. The van der Waals surface area contributed by atoms with Gasteiger partial charge in [-0.1, -0.05) is 12.1 Å². The monoisotopic (exact) mass is 478 g/mol. The molecule has 0 saturated carbocycles. The number of phenols is 1. The van der Waals surface area contributed by atoms with Crippen molar-refractivity contribution < 1.29 is 29.4 Å². The Morgan fingerprint density at radius 3 is 2.33 bits per heavy atom. The number of carboxylic acid groups (broad SMARTS) is 1. The van der Waals surface area contributed by atoms with Crippen molar-refractivity contribution in [3.8, 4) is 5.75 Å². The summed E-state index contributed by atoms with van der Waals surface area (Å²) in [5.74, 6) is -3.26. The maximum absolute atomic E-state index is 12.7. The number of aliphatic carboxylic acids is 1. The highest BCUT2D eigenvalue weighted by Gasteiger charge is 2.26. The molecule has 3 unspecified atom stereocenters. The predicted octanol–water partition coefficient (Wildman–Crippen LogP) is -1.67. The van der Waals surface area contributed by atoms with Crippen molar-refractivity contribution in [2.24, 2.45) is 5.73 Å². The number of hydrogen-bond acceptors (Lipinski definition) is 8. The van der Waals surface area contributed by atoms with Gasteiger partial charge in [0.1, 0.15) is 17.8 Å². The van der Waals surface area contributed by atoms with Gasteiger partial charge in [0.15, 0.2) is 0 Å². The normalized spacial score (nSPS) is 13.4. The van der Waals surface area contributed by atoms with Gasteiger partial charge in [0.05, 0.1) is 18.9 Å². The van der Waals surface area contributed by atoms with Crippen LogP contribution in [0, 0.1) is 0 Å². The largest absolute Gasteiger partial charge is 0.508 e. The Morgan fingerprint density at radius 2 is 1.76 bits per heavy atom. The van der Waals surface area contributed by atoms with Crippen LogP contribution < -0.4 is 21.7 Å². The minimum atomic E-state index is -1.25. The summed E-state index contributed by atoms with van der Waals surface area (Å²) in [5, 5.41) is 25.5. The average molecular weight is 479 g/mol. The molecule has 0 aliphatic rings. The van der Waals surface area contributed by atoms with E-state index >= 15 is 0 Å². The molecule has 33 heavy (non-hydrogen) atoms. The number of aromatic amines is 1. The van der Waals surface area contributed by atoms with Crippen molar-refractivity contribution in [2.45, 2.75) is 31.0 Å². The number of aromatic hydroxyl groups is 1. The summed E-state index contributed by atoms with van der Waals surface area (Å²) in [5.41, 5.74) is 7.26. The first kappa shape index (κ1) is 25.7. The van der Waals surface area contributed by atoms with Gasteiger partial charge in [0, 0.05) is 24.1 Å². The van der Waals surface area contributed by atoms with Crippen LogP contribution in [0.25, 0.3) is 0 Å². The van der Waals surface area contributed by atoms with Gasteiger partial charge in [-0.2, -0.15) is 12.6 Å². The van der Waals surface area contributed by atoms with E-state index in [1.807, 2.05) is 0 Å². The number of phenolic OH excluding ortho intramolecular Hbond substituents is 1. The fourth-order valence-corrected chi connectivity index (χ4v) is 3.05. The van der Waals surface area contributed by atoms with Crippen LogP contribution in [0.1, 0.15) is 11.3 Å². The number of imidazole rings is 1. The minimum absolute atomic E-state index is 0.0551. The lowest BCUT2D eigenvalue weighted by Crippen LogP contribution is -2.54. The molecule has 0 saturated heterocycles. The molecule has 0 bridgehead atoms. The molecular formula is C20H26N6O6S. The van der Waals surface area contributed by atoms with Gasteiger partial charge in [-0.05, 0) is 24.1 Å². The van der Waals surface area contributed by atoms with E-state index in [2.05, 4.69) is 38.5 Å². The molecule has 12 nitrogen and oxygen atoms in total. The maximum atomic E-state index is 12.7. The highest BCUT2D eigenvalue weighted by molar-refractivity contribution is 7.80. The number of nitrogens with two attached hydrogens (primary N) is 1. The van der Waals surface area contributed by atoms with Crippen LogP contribution in [0.15, 0.2) is 36.8 Å². The zero-order valence-corrected chi connectivity index (χ0v) is 18.4. The lowest BCUT2D eigenvalue weighted by Gasteiger charge is -2.20. The predicted molar refractivity (Wildman–Crippen MR) is 120 cm³/mol. The number of carbonyl (C=O) groups is 4. The zero-order chi connectivity index (χ0) is 24.4. The van der Waals surface area contributed by atoms with Gasteiger partial charge >= 0.3 is 5.97 Å². The number of hydrogen-bond donors (Lipinski definition) is 8. The number of aromatic nitrogens is 2. The number of nitrogens with zero attached hydrogens (tertiary/aromatic N) is 1. The third-order valence-corrected chi connectivity index (χ3v) is 4.94. The maximum Gasteiger partial charge on any atom is 0.327 e. The van der Waals surface area contributed by atoms with Gasteiger partial charge in [0.25, 0.3) is 0 Å². The molecule has 0 spiro atoms. The number of rotatable bonds is 12. The number of H-pyrrole nitrogens is 1. The topological polar surface area (TPSA) is 200 Å². The van der Waals surface area contributed by atoms with Crippen LogP contribution in [0.4, 0.5) is 0 Å². The van der Waals surface area contributed by atoms with Crippen LogP contribution >= 0.6 is 12.6 Å². The van der Waals surface area contributed by atoms with Crippen LogP contribution in [-0.2, 0) is 32.0 Å². The van der Waals surface area contributed by atoms with Crippen LogP contribution in [0.2, 0.25) is 0 Å². The molecule has 8 N–H and O–H groups in total. The molecule has 2 aromatic rings. The van der Waals surface area contributed by atoms with Crippen molar-refractivity contribution >= 4 is 36.3 Å². The van der Waals surface area contributed by atoms with Crippen molar-refractivity contribution in [3.05, 3.63) is 48.0 Å². The molecule has 0 aliphatic carbocycles. The van der Waals surface area contributed by atoms with Crippen LogP contribution in [0.3, 0.4) is 0 Å². The standard InChI is InChI=1S/C20H26N6O6S/c21-14(5-11-1-3-13(27)4-2-11)18(29)26-15(6-12-7-22-10-24-12)19(30)23-8-17(28)25-16(9-33)20(31)32/h1-4,7,10,14-16,27,33H,5-6,8-9,21H2,(H,22,24)(H,23,30)(H,25,28)(H,26,29)(H,31,32). The van der Waals surface area contributed by atoms with Crippen LogP contribution in [0.5, 0.6) is 5.75 Å². The Morgan fingerprint density at radius 1 is 1.06 bits per heavy atom. The molecular weight excluding hydrogens is 452 g/mol. The molecule has 0 radical (unpaired) electrons. The first-order valence-corrected chi connectivity index (χ1v) is 10.5. The third kappa shape index (κ3) is 8.46. The molecule has 0 fully saturated rings. The van der Waals surface area contributed by atoms with E-state index in [4.69, 9.17) is 10.8 Å². The first-order chi connectivity index (χ1) is 15.7. The number of thiol groups is 1. The van der Waals surface area contributed by atoms with Crippen LogP contribution in [-0.4, -0.2) is 74.3 Å². The summed E-state index contributed by atoms with van der Waals surface area (Å²) in [6.45, 7) is -0.495. The van der Waals surface area contributed by atoms with Gasteiger partial charge in [-0.25, -0.2) is 9.78 Å². The number of nitrogens with one attached hydrogen (secondary N) is 4. The fraction of sp³-hybridized carbons (Fsp3) is 0.350. The molecule has 0 aliphatic heterocycles. The van der Waals surface area contributed by atoms with E-state index in [0.717, 1.165) is 5.56 Å². The summed E-state index contributed by atoms with van der Waals surface area (Å²) in [6, 6.07) is 2.97. The van der Waals surface area contributed by atoms with Crippen molar-refractivity contribution in [3.63, 3.8) is 0 Å². The van der Waals surface area contributed by atoms with E-state index in [0.29, 0.717) is 5.69 Å². The molecule has 2 rings (SSSR count). The van der Waals surface area contributed by atoms with Crippen molar-refractivity contribution in [1.29, 1.82) is 0 Å². The van der Waals surface area contributed by atoms with E-state index in [1.54, 1.807) is 12.1 Å². The minimum Gasteiger partial charge on any atom is -0.508 e. The van der Waals surface area contributed by atoms with Gasteiger partial charge < -0.3 is 36.9 Å². The SMILES string of the molecule is NC(Cc1ccc(O)cc1)C(=O)NC(Cc1cnc[nH]1)C(=O)NCC(=O)NC(CS)C(=O)O. The smallest absolute Gasteiger partial charge is 0.327 e. The summed E-state index contributed by atoms with van der Waals surface area (Å²) in [7, 11) is 0. The lowest BCUT2D eigenvalue weighted by atomic mass is 10.0. The number of carboxylic acids is 1. The Bertz CT molecular complexity index is 952. The Labute approximate surface area is 194 Å². The van der Waals surface area contributed by atoms with Gasteiger partial charge in [0.2, 0.25) is 17.7 Å². The van der Waals surface area contributed by atoms with E-state index in [1.165, 1.54) is 24.7 Å². The molecule has 1 aromatic heterocycles.